The Labute approximate surface area is 147 Å². The minimum absolute atomic E-state index is 0.0554. The highest BCUT2D eigenvalue weighted by Crippen LogP contribution is 2.35. The van der Waals surface area contributed by atoms with Crippen LogP contribution in [0.2, 0.25) is 0 Å². The normalized spacial score (nSPS) is 38.0. The molecular weight excluding hydrogens is 309 g/mol. The summed E-state index contributed by atoms with van der Waals surface area (Å²) in [4.78, 5) is 0. The maximum Gasteiger partial charge on any atom is 0.164 e. The van der Waals surface area contributed by atoms with E-state index in [1.54, 1.807) is 27.7 Å². The van der Waals surface area contributed by atoms with Gasteiger partial charge in [0.25, 0.3) is 0 Å². The second kappa shape index (κ2) is 6.67. The van der Waals surface area contributed by atoms with Gasteiger partial charge in [-0.2, -0.15) is 0 Å². The summed E-state index contributed by atoms with van der Waals surface area (Å²) in [7, 11) is 18.2. The maximum absolute atomic E-state index is 6.40. The minimum atomic E-state index is -1.98. The molecule has 0 aromatic carbocycles. The summed E-state index contributed by atoms with van der Waals surface area (Å²) >= 11 is 0. The van der Waals surface area contributed by atoms with Crippen molar-refractivity contribution in [2.24, 2.45) is 0 Å². The summed E-state index contributed by atoms with van der Waals surface area (Å²) < 4.78 is 33.9. The molecule has 0 spiro atoms. The molecule has 3 atom stereocenters. The summed E-state index contributed by atoms with van der Waals surface area (Å²) in [6, 6.07) is 0. The van der Waals surface area contributed by atoms with Crippen LogP contribution in [0.1, 0.15) is 27.7 Å². The molecule has 2 unspecified atom stereocenters. The Bertz CT molecular complexity index is 504. The zero-order valence-electron chi connectivity index (χ0n) is 14.5. The molecule has 0 aromatic rings. The van der Waals surface area contributed by atoms with Crippen LogP contribution in [0.25, 0.3) is 0 Å². The molecule has 126 valence electrons. The number of ether oxygens (including phenoxy) is 6. The number of hydrogen-bond acceptors (Lipinski definition) is 6. The average Bonchev–Trinajstić information content (AvgIpc) is 2.78. The molecule has 0 bridgehead atoms. The van der Waals surface area contributed by atoms with Crippen LogP contribution in [0.15, 0.2) is 0 Å². The van der Waals surface area contributed by atoms with Crippen LogP contribution in [0.3, 0.4) is 0 Å². The number of rotatable bonds is 3. The van der Waals surface area contributed by atoms with E-state index in [9.17, 15) is 0 Å². The first-order chi connectivity index (χ1) is 10.9. The molecule has 9 heteroatoms. The predicted octanol–water partition coefficient (Wildman–Crippen LogP) is -0.231. The standard InChI is InChI=1S/C15H21B3O6/c1-6-7-19-14(16)9-21-13(4,5)24-15(17,18)23-11(14)10-8-20-12(2,3)22-10/h1,10-11H,7-9H2,2-5H3/t10?,11?,14-/m1/s1. The average molecular weight is 330 g/mol. The molecule has 2 saturated heterocycles. The monoisotopic (exact) mass is 330 g/mol. The summed E-state index contributed by atoms with van der Waals surface area (Å²) in [5, 5.41) is 0. The van der Waals surface area contributed by atoms with Gasteiger partial charge >= 0.3 is 0 Å². The molecule has 0 aromatic heterocycles. The van der Waals surface area contributed by atoms with Crippen LogP contribution in [0.5, 0.6) is 0 Å². The molecule has 6 radical (unpaired) electrons. The van der Waals surface area contributed by atoms with Gasteiger partial charge in [-0.1, -0.05) is 5.92 Å². The Balaban J connectivity index is 2.32. The molecule has 0 saturated carbocycles. The van der Waals surface area contributed by atoms with E-state index < -0.39 is 34.9 Å². The molecule has 0 aliphatic carbocycles. The molecule has 24 heavy (non-hydrogen) atoms. The first-order valence-electron chi connectivity index (χ1n) is 7.66. The van der Waals surface area contributed by atoms with Crippen molar-refractivity contribution in [3.05, 3.63) is 0 Å². The van der Waals surface area contributed by atoms with E-state index in [1.165, 1.54) is 0 Å². The third kappa shape index (κ3) is 4.78. The zero-order chi connectivity index (χ0) is 18.2. The van der Waals surface area contributed by atoms with Gasteiger partial charge in [-0.15, -0.1) is 6.42 Å². The highest BCUT2D eigenvalue weighted by Gasteiger charge is 2.51. The summed E-state index contributed by atoms with van der Waals surface area (Å²) in [6.45, 7) is 6.86. The highest BCUT2D eigenvalue weighted by molar-refractivity contribution is 6.37. The van der Waals surface area contributed by atoms with Gasteiger partial charge in [-0.05, 0) is 27.7 Å². The van der Waals surface area contributed by atoms with Crippen molar-refractivity contribution in [2.45, 2.75) is 62.6 Å². The fourth-order valence-corrected chi connectivity index (χ4v) is 2.66. The molecule has 6 nitrogen and oxygen atoms in total. The number of hydrogen-bond donors (Lipinski definition) is 0. The first kappa shape index (κ1) is 19.8. The van der Waals surface area contributed by atoms with Crippen LogP contribution in [0, 0.1) is 12.3 Å². The van der Waals surface area contributed by atoms with Gasteiger partial charge in [0.15, 0.2) is 11.6 Å². The Kier molecular flexibility index (Phi) is 5.52. The van der Waals surface area contributed by atoms with Gasteiger partial charge in [0.1, 0.15) is 42.4 Å². The molecule has 2 aliphatic rings. The van der Waals surface area contributed by atoms with Crippen molar-refractivity contribution in [2.75, 3.05) is 19.8 Å². The van der Waals surface area contributed by atoms with Gasteiger partial charge in [0, 0.05) is 0 Å². The maximum atomic E-state index is 6.40. The van der Waals surface area contributed by atoms with Crippen molar-refractivity contribution >= 4 is 23.5 Å². The fraction of sp³-hybridized carbons (Fsp3) is 0.867. The van der Waals surface area contributed by atoms with Gasteiger partial charge < -0.3 is 28.4 Å². The van der Waals surface area contributed by atoms with Crippen LogP contribution in [-0.4, -0.2) is 78.2 Å². The largest absolute Gasteiger partial charge is 0.367 e. The van der Waals surface area contributed by atoms with Gasteiger partial charge in [-0.3, -0.25) is 0 Å². The van der Waals surface area contributed by atoms with Gasteiger partial charge in [0.05, 0.1) is 24.3 Å². The highest BCUT2D eigenvalue weighted by atomic mass is 16.8. The lowest BCUT2D eigenvalue weighted by molar-refractivity contribution is -0.346. The van der Waals surface area contributed by atoms with E-state index in [1.807, 2.05) is 0 Å². The summed E-state index contributed by atoms with van der Waals surface area (Å²) in [6.07, 6.45) is 3.73. The fourth-order valence-electron chi connectivity index (χ4n) is 2.66. The van der Waals surface area contributed by atoms with E-state index in [0.29, 0.717) is 0 Å². The molecule has 2 fully saturated rings. The van der Waals surface area contributed by atoms with Crippen LogP contribution < -0.4 is 0 Å². The third-order valence-corrected chi connectivity index (χ3v) is 3.64. The van der Waals surface area contributed by atoms with E-state index in [2.05, 4.69) is 5.92 Å². The van der Waals surface area contributed by atoms with E-state index in [0.717, 1.165) is 0 Å². The molecule has 2 heterocycles. The quantitative estimate of drug-likeness (QED) is 0.526. The van der Waals surface area contributed by atoms with Gasteiger partial charge in [-0.25, -0.2) is 0 Å². The SMILES string of the molecule is [B]C1([B])OC(C2COC(C)(C)O2)[C@]([B])(OCC#C)COC(C)(C)O1. The first-order valence-corrected chi connectivity index (χ1v) is 7.66. The van der Waals surface area contributed by atoms with Crippen LogP contribution in [-0.2, 0) is 28.4 Å². The topological polar surface area (TPSA) is 55.4 Å². The van der Waals surface area contributed by atoms with E-state index in [4.69, 9.17) is 58.4 Å². The van der Waals surface area contributed by atoms with Gasteiger partial charge in [0.2, 0.25) is 0 Å². The Morgan fingerprint density at radius 1 is 1.08 bits per heavy atom. The Morgan fingerprint density at radius 3 is 2.29 bits per heavy atom. The number of terminal acetylenes is 1. The molecule has 2 rings (SSSR count). The smallest absolute Gasteiger partial charge is 0.164 e. The Morgan fingerprint density at radius 2 is 1.75 bits per heavy atom. The van der Waals surface area contributed by atoms with Crippen molar-refractivity contribution in [3.8, 4) is 12.3 Å². The lowest BCUT2D eigenvalue weighted by atomic mass is 9.71. The van der Waals surface area contributed by atoms with Crippen molar-refractivity contribution in [1.29, 1.82) is 0 Å². The minimum Gasteiger partial charge on any atom is -0.367 e. The third-order valence-electron chi connectivity index (χ3n) is 3.64. The van der Waals surface area contributed by atoms with Crippen LogP contribution >= 0.6 is 0 Å². The van der Waals surface area contributed by atoms with Crippen molar-refractivity contribution < 1.29 is 28.4 Å². The van der Waals surface area contributed by atoms with Crippen LogP contribution in [0.4, 0.5) is 0 Å². The summed E-state index contributed by atoms with van der Waals surface area (Å²) in [5.41, 5.74) is -3.44. The molecule has 2 aliphatic heterocycles. The molecular formula is C15H21B3O6. The van der Waals surface area contributed by atoms with Crippen molar-refractivity contribution in [3.63, 3.8) is 0 Å². The predicted molar refractivity (Wildman–Crippen MR) is 88.4 cm³/mol. The zero-order valence-corrected chi connectivity index (χ0v) is 14.5. The second-order valence-electron chi connectivity index (χ2n) is 6.87. The van der Waals surface area contributed by atoms with E-state index >= 15 is 0 Å². The molecule has 0 N–H and O–H groups in total. The lowest BCUT2D eigenvalue weighted by Crippen LogP contribution is -2.64. The van der Waals surface area contributed by atoms with Crippen molar-refractivity contribution in [1.82, 2.24) is 0 Å². The second-order valence-corrected chi connectivity index (χ2v) is 6.87. The Hall–Kier alpha value is -0.485. The summed E-state index contributed by atoms with van der Waals surface area (Å²) in [5.74, 6) is 0.409. The molecule has 0 amide bonds. The lowest BCUT2D eigenvalue weighted by Gasteiger charge is -2.49. The van der Waals surface area contributed by atoms with E-state index in [-0.39, 0.29) is 19.8 Å².